The lowest BCUT2D eigenvalue weighted by atomic mass is 9.99. The number of aryl methyl sites for hydroxylation is 2. The van der Waals surface area contributed by atoms with Gasteiger partial charge in [-0.2, -0.15) is 5.26 Å². The van der Waals surface area contributed by atoms with Crippen LogP contribution in [0.3, 0.4) is 0 Å². The van der Waals surface area contributed by atoms with Gasteiger partial charge in [-0.25, -0.2) is 9.78 Å². The second-order valence-corrected chi connectivity index (χ2v) is 8.73. The number of nitrogens with zero attached hydrogens (tertiary/aromatic N) is 2. The van der Waals surface area contributed by atoms with E-state index in [1.165, 1.54) is 7.11 Å². The van der Waals surface area contributed by atoms with Gasteiger partial charge in [0.2, 0.25) is 0 Å². The quantitative estimate of drug-likeness (QED) is 0.393. The summed E-state index contributed by atoms with van der Waals surface area (Å²) in [7, 11) is 1.28. The van der Waals surface area contributed by atoms with Gasteiger partial charge in [-0.05, 0) is 44.0 Å². The normalized spacial score (nSPS) is 10.6. The maximum atomic E-state index is 13.4. The molecule has 0 atom stereocenters. The van der Waals surface area contributed by atoms with Crippen molar-refractivity contribution in [3.63, 3.8) is 0 Å². The van der Waals surface area contributed by atoms with Crippen molar-refractivity contribution in [2.75, 3.05) is 12.4 Å². The second-order valence-electron chi connectivity index (χ2n) is 7.71. The molecule has 0 aliphatic heterocycles. The summed E-state index contributed by atoms with van der Waals surface area (Å²) in [5, 5.41) is 13.5. The Bertz CT molecular complexity index is 1460. The third kappa shape index (κ3) is 4.09. The van der Waals surface area contributed by atoms with Crippen LogP contribution in [0.25, 0.3) is 22.2 Å². The zero-order valence-electron chi connectivity index (χ0n) is 18.6. The number of para-hydroxylation sites is 1. The molecule has 1 amide bonds. The van der Waals surface area contributed by atoms with Crippen LogP contribution in [0.5, 0.6) is 0 Å². The molecule has 33 heavy (non-hydrogen) atoms. The van der Waals surface area contributed by atoms with Crippen LogP contribution in [0.15, 0.2) is 48.5 Å². The van der Waals surface area contributed by atoms with Crippen LogP contribution < -0.4 is 5.32 Å². The highest BCUT2D eigenvalue weighted by Crippen LogP contribution is 2.34. The van der Waals surface area contributed by atoms with Gasteiger partial charge in [-0.1, -0.05) is 42.0 Å². The molecular weight excluding hydrogens is 434 g/mol. The lowest BCUT2D eigenvalue weighted by Gasteiger charge is -2.12. The second kappa shape index (κ2) is 8.85. The number of ether oxygens (including phenoxy) is 1. The Morgan fingerprint density at radius 2 is 1.85 bits per heavy atom. The molecule has 0 bridgehead atoms. The van der Waals surface area contributed by atoms with E-state index in [4.69, 9.17) is 9.72 Å². The van der Waals surface area contributed by atoms with E-state index in [1.54, 1.807) is 13.0 Å². The minimum Gasteiger partial charge on any atom is -0.465 e. The summed E-state index contributed by atoms with van der Waals surface area (Å²) >= 11 is 1.03. The Morgan fingerprint density at radius 1 is 1.09 bits per heavy atom. The van der Waals surface area contributed by atoms with E-state index < -0.39 is 5.97 Å². The van der Waals surface area contributed by atoms with Gasteiger partial charge in [0.15, 0.2) is 0 Å². The van der Waals surface area contributed by atoms with Crippen LogP contribution in [0.1, 0.15) is 42.3 Å². The standard InChI is InChI=1S/C26H21N3O3S/c1-14-9-10-17(15(2)11-14)22-12-19(18-7-5-6-8-21(18)28-22)24(30)29-25-20(13-27)16(3)23(33-25)26(31)32-4/h5-12H,1-4H3,(H,29,30). The first-order chi connectivity index (χ1) is 15.8. The van der Waals surface area contributed by atoms with Gasteiger partial charge < -0.3 is 10.1 Å². The summed E-state index contributed by atoms with van der Waals surface area (Å²) in [6.07, 6.45) is 0. The molecule has 0 radical (unpaired) electrons. The maximum absolute atomic E-state index is 13.4. The van der Waals surface area contributed by atoms with Gasteiger partial charge in [0.05, 0.1) is 29.4 Å². The molecule has 0 spiro atoms. The summed E-state index contributed by atoms with van der Waals surface area (Å²) in [5.41, 5.74) is 5.71. The molecule has 0 aliphatic rings. The van der Waals surface area contributed by atoms with Crippen molar-refractivity contribution in [2.45, 2.75) is 20.8 Å². The van der Waals surface area contributed by atoms with Crippen molar-refractivity contribution in [1.29, 1.82) is 5.26 Å². The molecule has 2 aromatic carbocycles. The third-order valence-electron chi connectivity index (χ3n) is 5.48. The smallest absolute Gasteiger partial charge is 0.348 e. The molecule has 4 aromatic rings. The van der Waals surface area contributed by atoms with E-state index >= 15 is 0 Å². The van der Waals surface area contributed by atoms with E-state index in [9.17, 15) is 14.9 Å². The van der Waals surface area contributed by atoms with Crippen LogP contribution in [0, 0.1) is 32.1 Å². The predicted octanol–water partition coefficient (Wildman–Crippen LogP) is 5.80. The zero-order chi connectivity index (χ0) is 23.7. The van der Waals surface area contributed by atoms with Crippen molar-refractivity contribution < 1.29 is 14.3 Å². The fourth-order valence-corrected chi connectivity index (χ4v) is 4.87. The number of methoxy groups -OCH3 is 1. The van der Waals surface area contributed by atoms with Gasteiger partial charge >= 0.3 is 5.97 Å². The molecule has 2 aromatic heterocycles. The number of fused-ring (bicyclic) bond motifs is 1. The summed E-state index contributed by atoms with van der Waals surface area (Å²) in [4.78, 5) is 30.6. The molecule has 2 heterocycles. The van der Waals surface area contributed by atoms with Crippen molar-refractivity contribution >= 4 is 39.1 Å². The number of nitriles is 1. The zero-order valence-corrected chi connectivity index (χ0v) is 19.5. The Labute approximate surface area is 195 Å². The first-order valence-corrected chi connectivity index (χ1v) is 11.1. The Balaban J connectivity index is 1.82. The summed E-state index contributed by atoms with van der Waals surface area (Å²) < 4.78 is 4.80. The number of hydrogen-bond donors (Lipinski definition) is 1. The SMILES string of the molecule is COC(=O)c1sc(NC(=O)c2cc(-c3ccc(C)cc3C)nc3ccccc23)c(C#N)c1C. The number of pyridine rings is 1. The summed E-state index contributed by atoms with van der Waals surface area (Å²) in [6.45, 7) is 5.71. The van der Waals surface area contributed by atoms with Gasteiger partial charge in [0.1, 0.15) is 15.9 Å². The van der Waals surface area contributed by atoms with Gasteiger partial charge in [0.25, 0.3) is 5.91 Å². The lowest BCUT2D eigenvalue weighted by molar-refractivity contribution is 0.0605. The number of thiophene rings is 1. The monoisotopic (exact) mass is 455 g/mol. The molecule has 0 saturated heterocycles. The minimum absolute atomic E-state index is 0.252. The highest BCUT2D eigenvalue weighted by molar-refractivity contribution is 7.18. The summed E-state index contributed by atoms with van der Waals surface area (Å²) in [6, 6.07) is 17.4. The molecule has 0 fully saturated rings. The Hall–Kier alpha value is -4.02. The number of nitrogens with one attached hydrogen (secondary N) is 1. The molecular formula is C26H21N3O3S. The number of aromatic nitrogens is 1. The van der Waals surface area contributed by atoms with E-state index in [-0.39, 0.29) is 11.5 Å². The Kier molecular flexibility index (Phi) is 5.95. The van der Waals surface area contributed by atoms with Crippen LogP contribution in [-0.2, 0) is 4.74 Å². The molecule has 0 saturated carbocycles. The van der Waals surface area contributed by atoms with E-state index in [2.05, 4.69) is 17.5 Å². The maximum Gasteiger partial charge on any atom is 0.348 e. The van der Waals surface area contributed by atoms with Gasteiger partial charge in [-0.15, -0.1) is 11.3 Å². The number of benzene rings is 2. The van der Waals surface area contributed by atoms with Crippen molar-refractivity contribution in [3.8, 4) is 17.3 Å². The summed E-state index contributed by atoms with van der Waals surface area (Å²) in [5.74, 6) is -0.922. The molecule has 0 unspecified atom stereocenters. The molecule has 6 nitrogen and oxygen atoms in total. The molecule has 164 valence electrons. The molecule has 4 rings (SSSR count). The highest BCUT2D eigenvalue weighted by Gasteiger charge is 2.23. The molecule has 7 heteroatoms. The van der Waals surface area contributed by atoms with Crippen LogP contribution in [-0.4, -0.2) is 24.0 Å². The van der Waals surface area contributed by atoms with Crippen molar-refractivity contribution in [3.05, 3.63) is 81.2 Å². The van der Waals surface area contributed by atoms with E-state index in [1.807, 2.05) is 50.2 Å². The number of rotatable bonds is 4. The highest BCUT2D eigenvalue weighted by atomic mass is 32.1. The van der Waals surface area contributed by atoms with Crippen LogP contribution >= 0.6 is 11.3 Å². The fourth-order valence-electron chi connectivity index (χ4n) is 3.80. The predicted molar refractivity (Wildman–Crippen MR) is 130 cm³/mol. The average molecular weight is 456 g/mol. The number of amides is 1. The first-order valence-electron chi connectivity index (χ1n) is 10.2. The van der Waals surface area contributed by atoms with Crippen LogP contribution in [0.2, 0.25) is 0 Å². The lowest BCUT2D eigenvalue weighted by Crippen LogP contribution is -2.13. The molecule has 1 N–H and O–H groups in total. The topological polar surface area (TPSA) is 92.1 Å². The van der Waals surface area contributed by atoms with Gasteiger partial charge in [-0.3, -0.25) is 4.79 Å². The third-order valence-corrected chi connectivity index (χ3v) is 6.66. The molecule has 0 aliphatic carbocycles. The largest absolute Gasteiger partial charge is 0.465 e. The minimum atomic E-state index is -0.541. The fraction of sp³-hybridized carbons (Fsp3) is 0.154. The van der Waals surface area contributed by atoms with E-state index in [0.717, 1.165) is 28.0 Å². The number of anilines is 1. The van der Waals surface area contributed by atoms with Crippen molar-refractivity contribution in [2.24, 2.45) is 0 Å². The number of carbonyl (C=O) groups excluding carboxylic acids is 2. The van der Waals surface area contributed by atoms with Crippen molar-refractivity contribution in [1.82, 2.24) is 4.98 Å². The van der Waals surface area contributed by atoms with E-state index in [0.29, 0.717) is 37.6 Å². The van der Waals surface area contributed by atoms with Gasteiger partial charge in [0, 0.05) is 10.9 Å². The number of esters is 1. The average Bonchev–Trinajstić information content (AvgIpc) is 3.12. The first kappa shape index (κ1) is 22.2. The number of carbonyl (C=O) groups is 2. The Morgan fingerprint density at radius 3 is 2.55 bits per heavy atom. The number of hydrogen-bond acceptors (Lipinski definition) is 6. The van der Waals surface area contributed by atoms with Crippen LogP contribution in [0.4, 0.5) is 5.00 Å².